The van der Waals surface area contributed by atoms with Gasteiger partial charge in [-0.1, -0.05) is 17.7 Å². The van der Waals surface area contributed by atoms with E-state index in [1.165, 1.54) is 41.5 Å². The van der Waals surface area contributed by atoms with Crippen LogP contribution in [-0.2, 0) is 4.74 Å². The zero-order valence-electron chi connectivity index (χ0n) is 10.8. The van der Waals surface area contributed by atoms with Gasteiger partial charge >= 0.3 is 0 Å². The first-order valence-electron chi connectivity index (χ1n) is 6.31. The van der Waals surface area contributed by atoms with Crippen LogP contribution >= 0.6 is 0 Å². The van der Waals surface area contributed by atoms with Gasteiger partial charge in [0.05, 0.1) is 12.2 Å². The van der Waals surface area contributed by atoms with Crippen molar-refractivity contribution in [1.29, 1.82) is 0 Å². The number of benzene rings is 1. The quantitative estimate of drug-likeness (QED) is 0.685. The third kappa shape index (κ3) is 2.30. The molecule has 1 heterocycles. The molecule has 1 saturated heterocycles. The molecule has 0 saturated carbocycles. The molecule has 1 fully saturated rings. The van der Waals surface area contributed by atoms with Crippen LogP contribution in [0, 0.1) is 20.8 Å². The minimum absolute atomic E-state index is 0.323. The van der Waals surface area contributed by atoms with Gasteiger partial charge in [0, 0.05) is 0 Å². The van der Waals surface area contributed by atoms with Gasteiger partial charge in [0.15, 0.2) is 0 Å². The molecule has 1 heteroatoms. The van der Waals surface area contributed by atoms with Crippen molar-refractivity contribution < 1.29 is 4.74 Å². The molecule has 88 valence electrons. The second-order valence-corrected chi connectivity index (χ2v) is 5.18. The fraction of sp³-hybridized carbons (Fsp3) is 0.600. The molecule has 0 radical (unpaired) electrons. The van der Waals surface area contributed by atoms with E-state index in [0.717, 1.165) is 0 Å². The summed E-state index contributed by atoms with van der Waals surface area (Å²) in [4.78, 5) is 0. The molecule has 2 rings (SSSR count). The van der Waals surface area contributed by atoms with E-state index in [-0.39, 0.29) is 0 Å². The SMILES string of the molecule is Cc1cc(C)c([C@@H]2CCC[C@@H](C)O2)c(C)c1. The van der Waals surface area contributed by atoms with Gasteiger partial charge < -0.3 is 4.74 Å². The summed E-state index contributed by atoms with van der Waals surface area (Å²) in [5.41, 5.74) is 5.55. The van der Waals surface area contributed by atoms with Crippen molar-refractivity contribution in [1.82, 2.24) is 0 Å². The lowest BCUT2D eigenvalue weighted by Crippen LogP contribution is -2.20. The number of hydrogen-bond donors (Lipinski definition) is 0. The molecule has 0 N–H and O–H groups in total. The summed E-state index contributed by atoms with van der Waals surface area (Å²) in [5, 5.41) is 0. The van der Waals surface area contributed by atoms with Gasteiger partial charge in [0.25, 0.3) is 0 Å². The molecule has 16 heavy (non-hydrogen) atoms. The lowest BCUT2D eigenvalue weighted by atomic mass is 9.91. The second-order valence-electron chi connectivity index (χ2n) is 5.18. The van der Waals surface area contributed by atoms with E-state index in [0.29, 0.717) is 12.2 Å². The fourth-order valence-corrected chi connectivity index (χ4v) is 2.92. The molecule has 1 nitrogen and oxygen atoms in total. The molecule has 0 unspecified atom stereocenters. The van der Waals surface area contributed by atoms with E-state index in [1.54, 1.807) is 0 Å². The summed E-state index contributed by atoms with van der Waals surface area (Å²) in [7, 11) is 0. The average Bonchev–Trinajstić information content (AvgIpc) is 2.15. The topological polar surface area (TPSA) is 9.23 Å². The normalized spacial score (nSPS) is 25.8. The third-order valence-corrected chi connectivity index (χ3v) is 3.53. The Morgan fingerprint density at radius 3 is 2.25 bits per heavy atom. The minimum atomic E-state index is 0.323. The molecular weight excluding hydrogens is 196 g/mol. The van der Waals surface area contributed by atoms with Gasteiger partial charge in [-0.15, -0.1) is 0 Å². The summed E-state index contributed by atoms with van der Waals surface area (Å²) in [6.07, 6.45) is 4.41. The molecule has 0 bridgehead atoms. The number of aryl methyl sites for hydroxylation is 3. The van der Waals surface area contributed by atoms with Crippen LogP contribution in [0.4, 0.5) is 0 Å². The zero-order chi connectivity index (χ0) is 11.7. The van der Waals surface area contributed by atoms with E-state index < -0.39 is 0 Å². The van der Waals surface area contributed by atoms with Gasteiger partial charge in [0.2, 0.25) is 0 Å². The molecule has 2 atom stereocenters. The first kappa shape index (κ1) is 11.7. The maximum atomic E-state index is 6.07. The van der Waals surface area contributed by atoms with Gasteiger partial charge in [-0.2, -0.15) is 0 Å². The van der Waals surface area contributed by atoms with Crippen LogP contribution in [0.5, 0.6) is 0 Å². The van der Waals surface area contributed by atoms with Crippen molar-refractivity contribution in [2.45, 2.75) is 59.2 Å². The zero-order valence-corrected chi connectivity index (χ0v) is 10.8. The first-order valence-corrected chi connectivity index (χ1v) is 6.31. The minimum Gasteiger partial charge on any atom is -0.371 e. The molecule has 0 aliphatic carbocycles. The lowest BCUT2D eigenvalue weighted by Gasteiger charge is -2.30. The first-order chi connectivity index (χ1) is 7.58. The van der Waals surface area contributed by atoms with Gasteiger partial charge in [-0.05, 0) is 63.6 Å². The van der Waals surface area contributed by atoms with Crippen LogP contribution in [0.3, 0.4) is 0 Å². The molecule has 1 aliphatic heterocycles. The lowest BCUT2D eigenvalue weighted by molar-refractivity contribution is -0.0420. The Balaban J connectivity index is 2.32. The Kier molecular flexibility index (Phi) is 3.34. The van der Waals surface area contributed by atoms with Crippen LogP contribution in [0.25, 0.3) is 0 Å². The number of rotatable bonds is 1. The summed E-state index contributed by atoms with van der Waals surface area (Å²) in [6, 6.07) is 4.54. The highest BCUT2D eigenvalue weighted by Gasteiger charge is 2.23. The average molecular weight is 218 g/mol. The van der Waals surface area contributed by atoms with Crippen LogP contribution in [0.15, 0.2) is 12.1 Å². The van der Waals surface area contributed by atoms with E-state index in [2.05, 4.69) is 39.8 Å². The summed E-state index contributed by atoms with van der Waals surface area (Å²) < 4.78 is 6.07. The summed E-state index contributed by atoms with van der Waals surface area (Å²) in [5.74, 6) is 0. The van der Waals surface area contributed by atoms with Gasteiger partial charge in [-0.3, -0.25) is 0 Å². The monoisotopic (exact) mass is 218 g/mol. The highest BCUT2D eigenvalue weighted by atomic mass is 16.5. The fourth-order valence-electron chi connectivity index (χ4n) is 2.92. The van der Waals surface area contributed by atoms with Crippen molar-refractivity contribution >= 4 is 0 Å². The molecule has 1 aromatic rings. The van der Waals surface area contributed by atoms with Crippen molar-refractivity contribution in [2.24, 2.45) is 0 Å². The van der Waals surface area contributed by atoms with Crippen molar-refractivity contribution in [3.8, 4) is 0 Å². The smallest absolute Gasteiger partial charge is 0.0833 e. The molecule has 0 aromatic heterocycles. The summed E-state index contributed by atoms with van der Waals surface area (Å²) >= 11 is 0. The van der Waals surface area contributed by atoms with Gasteiger partial charge in [0.1, 0.15) is 0 Å². The molecule has 0 spiro atoms. The Hall–Kier alpha value is -0.820. The largest absolute Gasteiger partial charge is 0.371 e. The standard InChI is InChI=1S/C15H22O/c1-10-8-11(2)15(12(3)9-10)14-7-5-6-13(4)16-14/h8-9,13-14H,5-7H2,1-4H3/t13-,14+/m1/s1. The predicted octanol–water partition coefficient (Wildman–Crippen LogP) is 4.24. The van der Waals surface area contributed by atoms with E-state index in [1.807, 2.05) is 0 Å². The van der Waals surface area contributed by atoms with E-state index in [9.17, 15) is 0 Å². The van der Waals surface area contributed by atoms with Crippen LogP contribution in [-0.4, -0.2) is 6.10 Å². The molecule has 0 amide bonds. The van der Waals surface area contributed by atoms with Crippen LogP contribution in [0.1, 0.15) is 54.5 Å². The van der Waals surface area contributed by atoms with E-state index in [4.69, 9.17) is 4.74 Å². The van der Waals surface area contributed by atoms with Crippen molar-refractivity contribution in [3.63, 3.8) is 0 Å². The van der Waals surface area contributed by atoms with Crippen LogP contribution in [0.2, 0.25) is 0 Å². The highest BCUT2D eigenvalue weighted by Crippen LogP contribution is 2.34. The molecular formula is C15H22O. The van der Waals surface area contributed by atoms with Crippen molar-refractivity contribution in [3.05, 3.63) is 34.4 Å². The highest BCUT2D eigenvalue weighted by molar-refractivity contribution is 5.39. The Morgan fingerprint density at radius 1 is 1.06 bits per heavy atom. The Labute approximate surface area is 98.8 Å². The third-order valence-electron chi connectivity index (χ3n) is 3.53. The second kappa shape index (κ2) is 4.58. The Morgan fingerprint density at radius 2 is 1.69 bits per heavy atom. The molecule has 1 aliphatic rings. The Bertz CT molecular complexity index is 358. The maximum Gasteiger partial charge on any atom is 0.0833 e. The van der Waals surface area contributed by atoms with Crippen LogP contribution < -0.4 is 0 Å². The number of hydrogen-bond acceptors (Lipinski definition) is 1. The predicted molar refractivity (Wildman–Crippen MR) is 67.8 cm³/mol. The van der Waals surface area contributed by atoms with Crippen molar-refractivity contribution in [2.75, 3.05) is 0 Å². The number of ether oxygens (including phenoxy) is 1. The van der Waals surface area contributed by atoms with E-state index >= 15 is 0 Å². The summed E-state index contributed by atoms with van der Waals surface area (Å²) in [6.45, 7) is 8.76. The van der Waals surface area contributed by atoms with Gasteiger partial charge in [-0.25, -0.2) is 0 Å². The maximum absolute atomic E-state index is 6.07. The molecule has 1 aromatic carbocycles.